The molecule has 0 spiro atoms. The third kappa shape index (κ3) is 6.99. The predicted octanol–water partition coefficient (Wildman–Crippen LogP) is 8.15. The molecule has 0 unspecified atom stereocenters. The summed E-state index contributed by atoms with van der Waals surface area (Å²) in [5, 5.41) is 0. The van der Waals surface area contributed by atoms with Crippen LogP contribution in [0.15, 0.2) is 48.6 Å². The van der Waals surface area contributed by atoms with Gasteiger partial charge in [0.2, 0.25) is 0 Å². The van der Waals surface area contributed by atoms with Gasteiger partial charge >= 0.3 is 5.97 Å². The zero-order chi connectivity index (χ0) is 23.8. The predicted molar refractivity (Wildman–Crippen MR) is 130 cm³/mol. The molecule has 1 aliphatic rings. The Morgan fingerprint density at radius 1 is 1.00 bits per heavy atom. The number of hydrogen-bond donors (Lipinski definition) is 0. The molecular weight excluding hydrogens is 418 g/mol. The van der Waals surface area contributed by atoms with Gasteiger partial charge < -0.3 is 4.74 Å². The molecule has 0 aromatic heterocycles. The van der Waals surface area contributed by atoms with E-state index in [-0.39, 0.29) is 18.6 Å². The maximum absolute atomic E-state index is 14.7. The molecule has 1 fully saturated rings. The summed E-state index contributed by atoms with van der Waals surface area (Å²) >= 11 is 0. The lowest BCUT2D eigenvalue weighted by Gasteiger charge is -2.28. The Labute approximate surface area is 197 Å². The summed E-state index contributed by atoms with van der Waals surface area (Å²) in [6.45, 7) is 7.58. The largest absolute Gasteiger partial charge is 0.462 e. The van der Waals surface area contributed by atoms with E-state index in [1.165, 1.54) is 56.2 Å². The molecule has 3 rings (SSSR count). The fraction of sp³-hybridized carbons (Fsp3) is 0.483. The Balaban J connectivity index is 1.57. The minimum atomic E-state index is -0.526. The van der Waals surface area contributed by atoms with Crippen LogP contribution in [-0.4, -0.2) is 12.6 Å². The molecule has 33 heavy (non-hydrogen) atoms. The van der Waals surface area contributed by atoms with Crippen LogP contribution >= 0.6 is 0 Å². The van der Waals surface area contributed by atoms with Crippen molar-refractivity contribution in [3.63, 3.8) is 0 Å². The first-order chi connectivity index (χ1) is 15.9. The number of esters is 1. The average Bonchev–Trinajstić information content (AvgIpc) is 2.81. The Morgan fingerprint density at radius 2 is 1.64 bits per heavy atom. The molecule has 0 aliphatic heterocycles. The van der Waals surface area contributed by atoms with Crippen molar-refractivity contribution in [2.75, 3.05) is 6.61 Å². The van der Waals surface area contributed by atoms with Crippen molar-refractivity contribution < 1.29 is 18.3 Å². The zero-order valence-electron chi connectivity index (χ0n) is 20.0. The summed E-state index contributed by atoms with van der Waals surface area (Å²) in [5.74, 6) is -0.0181. The lowest BCUT2D eigenvalue weighted by molar-refractivity contribution is -0.139. The molecule has 0 amide bonds. The molecule has 0 N–H and O–H groups in total. The van der Waals surface area contributed by atoms with Crippen molar-refractivity contribution in [1.82, 2.24) is 0 Å². The highest BCUT2D eigenvalue weighted by atomic mass is 19.1. The molecule has 0 radical (unpaired) electrons. The second kappa shape index (κ2) is 12.1. The van der Waals surface area contributed by atoms with Crippen LogP contribution in [0.5, 0.6) is 0 Å². The first-order valence-electron chi connectivity index (χ1n) is 12.3. The minimum Gasteiger partial charge on any atom is -0.462 e. The van der Waals surface area contributed by atoms with E-state index in [0.717, 1.165) is 11.5 Å². The highest BCUT2D eigenvalue weighted by molar-refractivity contribution is 5.86. The van der Waals surface area contributed by atoms with E-state index in [9.17, 15) is 13.6 Å². The third-order valence-electron chi connectivity index (χ3n) is 6.80. The van der Waals surface area contributed by atoms with Gasteiger partial charge in [-0.15, -0.1) is 0 Å². The fourth-order valence-corrected chi connectivity index (χ4v) is 4.84. The van der Waals surface area contributed by atoms with Crippen molar-refractivity contribution in [3.05, 3.63) is 71.3 Å². The summed E-state index contributed by atoms with van der Waals surface area (Å²) in [4.78, 5) is 11.4. The second-order valence-corrected chi connectivity index (χ2v) is 9.42. The van der Waals surface area contributed by atoms with Gasteiger partial charge in [-0.05, 0) is 92.5 Å². The zero-order valence-corrected chi connectivity index (χ0v) is 20.0. The third-order valence-corrected chi connectivity index (χ3v) is 6.80. The minimum absolute atomic E-state index is 0.0884. The number of halogens is 2. The maximum atomic E-state index is 14.7. The molecule has 2 aromatic carbocycles. The van der Waals surface area contributed by atoms with E-state index >= 15 is 0 Å². The van der Waals surface area contributed by atoms with Crippen molar-refractivity contribution in [3.8, 4) is 11.1 Å². The van der Waals surface area contributed by atoms with Gasteiger partial charge in [-0.3, -0.25) is 0 Å². The lowest BCUT2D eigenvalue weighted by atomic mass is 9.77. The Bertz CT molecular complexity index is 918. The van der Waals surface area contributed by atoms with Crippen molar-refractivity contribution in [2.45, 2.75) is 77.6 Å². The number of hydrogen-bond acceptors (Lipinski definition) is 2. The molecule has 0 heterocycles. The normalized spacial score (nSPS) is 18.2. The number of rotatable bonds is 10. The fourth-order valence-electron chi connectivity index (χ4n) is 4.84. The van der Waals surface area contributed by atoms with Crippen molar-refractivity contribution in [1.29, 1.82) is 0 Å². The topological polar surface area (TPSA) is 26.3 Å². The van der Waals surface area contributed by atoms with Crippen LogP contribution in [0.4, 0.5) is 8.78 Å². The van der Waals surface area contributed by atoms with Crippen LogP contribution in [0.2, 0.25) is 0 Å². The summed E-state index contributed by atoms with van der Waals surface area (Å²) < 4.78 is 34.4. The Morgan fingerprint density at radius 3 is 2.21 bits per heavy atom. The average molecular weight is 455 g/mol. The van der Waals surface area contributed by atoms with E-state index in [1.54, 1.807) is 6.92 Å². The van der Waals surface area contributed by atoms with Gasteiger partial charge in [0, 0.05) is 11.1 Å². The number of carbonyl (C=O) groups excluding carboxylic acids is 1. The van der Waals surface area contributed by atoms with Crippen molar-refractivity contribution in [2.24, 2.45) is 5.92 Å². The van der Waals surface area contributed by atoms with Crippen LogP contribution in [0.25, 0.3) is 11.1 Å². The second-order valence-electron chi connectivity index (χ2n) is 9.42. The van der Waals surface area contributed by atoms with Crippen LogP contribution in [0.3, 0.4) is 0 Å². The molecule has 2 aromatic rings. The lowest BCUT2D eigenvalue weighted by Crippen LogP contribution is -2.13. The Kier molecular flexibility index (Phi) is 9.22. The van der Waals surface area contributed by atoms with Gasteiger partial charge in [-0.25, -0.2) is 13.6 Å². The number of ether oxygens (including phenoxy) is 1. The molecule has 1 aliphatic carbocycles. The Hall–Kier alpha value is -2.49. The highest BCUT2D eigenvalue weighted by Crippen LogP contribution is 2.38. The van der Waals surface area contributed by atoms with Crippen LogP contribution in [0, 0.1) is 17.6 Å². The molecule has 2 nitrogen and oxygen atoms in total. The number of benzene rings is 2. The van der Waals surface area contributed by atoms with Crippen LogP contribution < -0.4 is 0 Å². The monoisotopic (exact) mass is 454 g/mol. The molecule has 1 saturated carbocycles. The molecule has 0 bridgehead atoms. The highest BCUT2D eigenvalue weighted by Gasteiger charge is 2.22. The molecule has 0 saturated heterocycles. The van der Waals surface area contributed by atoms with E-state index in [2.05, 4.69) is 25.6 Å². The van der Waals surface area contributed by atoms with E-state index in [4.69, 9.17) is 4.74 Å². The smallest absolute Gasteiger partial charge is 0.333 e. The van der Waals surface area contributed by atoms with Gasteiger partial charge in [0.05, 0.1) is 6.61 Å². The standard InChI is InChI=1S/C29H36F2O2/c1-4-7-21-9-11-22(12-10-21)23-13-15-24(16-14-23)25-18-27(30)26(28(31)19-25)8-5-6-17-33-29(32)20(2)3/h13-16,18-19,21-22H,2,4-12,17H2,1,3H3. The molecule has 0 atom stereocenters. The van der Waals surface area contributed by atoms with Gasteiger partial charge in [0.1, 0.15) is 11.6 Å². The van der Waals surface area contributed by atoms with E-state index < -0.39 is 17.6 Å². The first-order valence-corrected chi connectivity index (χ1v) is 12.3. The maximum Gasteiger partial charge on any atom is 0.333 e. The number of carbonyl (C=O) groups is 1. The van der Waals surface area contributed by atoms with E-state index in [0.29, 0.717) is 29.9 Å². The van der Waals surface area contributed by atoms with Crippen molar-refractivity contribution >= 4 is 5.97 Å². The quantitative estimate of drug-likeness (QED) is 0.206. The summed E-state index contributed by atoms with van der Waals surface area (Å²) in [7, 11) is 0. The van der Waals surface area contributed by atoms with Gasteiger partial charge in [-0.2, -0.15) is 0 Å². The summed E-state index contributed by atoms with van der Waals surface area (Å²) in [6.07, 6.45) is 9.00. The SMILES string of the molecule is C=C(C)C(=O)OCCCCc1c(F)cc(-c2ccc(C3CCC(CCC)CC3)cc2)cc1F. The van der Waals surface area contributed by atoms with Gasteiger partial charge in [-0.1, -0.05) is 50.6 Å². The summed E-state index contributed by atoms with van der Waals surface area (Å²) in [5.41, 5.74) is 3.15. The van der Waals surface area contributed by atoms with E-state index in [1.807, 2.05) is 12.1 Å². The van der Waals surface area contributed by atoms with Gasteiger partial charge in [0.25, 0.3) is 0 Å². The van der Waals surface area contributed by atoms with Crippen LogP contribution in [0.1, 0.15) is 82.3 Å². The molecule has 178 valence electrons. The summed E-state index contributed by atoms with van der Waals surface area (Å²) in [6, 6.07) is 11.1. The molecular formula is C29H36F2O2. The number of unbranched alkanes of at least 4 members (excludes halogenated alkanes) is 1. The first kappa shape index (κ1) is 25.1. The van der Waals surface area contributed by atoms with Gasteiger partial charge in [0.15, 0.2) is 0 Å². The van der Waals surface area contributed by atoms with Crippen LogP contribution in [-0.2, 0) is 16.0 Å². The molecule has 4 heteroatoms.